The quantitative estimate of drug-likeness (QED) is 0.743. The third-order valence-corrected chi connectivity index (χ3v) is 2.83. The first kappa shape index (κ1) is 10.2. The Bertz CT molecular complexity index is 360. The summed E-state index contributed by atoms with van der Waals surface area (Å²) in [5.74, 6) is 0.00329. The molecule has 1 aliphatic rings. The minimum absolute atomic E-state index is 0.00329. The molecule has 2 heterocycles. The van der Waals surface area contributed by atoms with Crippen LogP contribution in [0.3, 0.4) is 0 Å². The molecule has 0 aromatic carbocycles. The van der Waals surface area contributed by atoms with E-state index < -0.39 is 0 Å². The van der Waals surface area contributed by atoms with Crippen molar-refractivity contribution in [1.82, 2.24) is 14.5 Å². The van der Waals surface area contributed by atoms with E-state index in [2.05, 4.69) is 4.98 Å². The second kappa shape index (κ2) is 4.02. The molecule has 5 heteroatoms. The first-order valence-corrected chi connectivity index (χ1v) is 5.21. The van der Waals surface area contributed by atoms with E-state index in [-0.39, 0.29) is 11.9 Å². The van der Waals surface area contributed by atoms with Gasteiger partial charge in [-0.2, -0.15) is 0 Å². The molecule has 5 nitrogen and oxygen atoms in total. The van der Waals surface area contributed by atoms with E-state index >= 15 is 0 Å². The average Bonchev–Trinajstić information content (AvgIpc) is 2.84. The average molecular weight is 208 g/mol. The molecule has 15 heavy (non-hydrogen) atoms. The molecule has 0 spiro atoms. The second-order valence-electron chi connectivity index (χ2n) is 3.95. The lowest BCUT2D eigenvalue weighted by Gasteiger charge is -2.22. The highest BCUT2D eigenvalue weighted by Gasteiger charge is 2.29. The molecule has 1 aromatic rings. The standard InChI is InChI=1S/C10H16N4O/c1-13-6-9(12-7-13)10(15)14-4-2-3-8(14)5-11/h6-8H,2-5,11H2,1H3. The number of rotatable bonds is 2. The van der Waals surface area contributed by atoms with Crippen LogP contribution in [0.4, 0.5) is 0 Å². The first-order valence-electron chi connectivity index (χ1n) is 5.21. The Morgan fingerprint density at radius 1 is 1.73 bits per heavy atom. The fourth-order valence-electron chi connectivity index (χ4n) is 2.02. The molecule has 1 unspecified atom stereocenters. The summed E-state index contributed by atoms with van der Waals surface area (Å²) < 4.78 is 1.78. The lowest BCUT2D eigenvalue weighted by molar-refractivity contribution is 0.0735. The molecule has 82 valence electrons. The third kappa shape index (κ3) is 1.87. The molecule has 1 aliphatic heterocycles. The number of aryl methyl sites for hydroxylation is 1. The van der Waals surface area contributed by atoms with Gasteiger partial charge in [0, 0.05) is 32.4 Å². The van der Waals surface area contributed by atoms with Gasteiger partial charge in [-0.1, -0.05) is 0 Å². The van der Waals surface area contributed by atoms with Crippen molar-refractivity contribution in [2.45, 2.75) is 18.9 Å². The van der Waals surface area contributed by atoms with E-state index in [4.69, 9.17) is 5.73 Å². The summed E-state index contributed by atoms with van der Waals surface area (Å²) in [6.45, 7) is 1.34. The maximum absolute atomic E-state index is 12.0. The minimum Gasteiger partial charge on any atom is -0.340 e. The number of carbonyl (C=O) groups excluding carboxylic acids is 1. The number of hydrogen-bond acceptors (Lipinski definition) is 3. The Kier molecular flexibility index (Phi) is 2.73. The van der Waals surface area contributed by atoms with Crippen LogP contribution in [0.25, 0.3) is 0 Å². The van der Waals surface area contributed by atoms with Crippen LogP contribution in [0.2, 0.25) is 0 Å². The van der Waals surface area contributed by atoms with Gasteiger partial charge in [0.2, 0.25) is 0 Å². The Balaban J connectivity index is 2.13. The number of nitrogens with two attached hydrogens (primary N) is 1. The maximum Gasteiger partial charge on any atom is 0.274 e. The van der Waals surface area contributed by atoms with Gasteiger partial charge in [0.1, 0.15) is 5.69 Å². The summed E-state index contributed by atoms with van der Waals surface area (Å²) in [5.41, 5.74) is 6.14. The number of carbonyl (C=O) groups is 1. The number of likely N-dealkylation sites (tertiary alicyclic amines) is 1. The summed E-state index contributed by atoms with van der Waals surface area (Å²) in [6, 6.07) is 0.194. The normalized spacial score (nSPS) is 20.9. The van der Waals surface area contributed by atoms with Crippen molar-refractivity contribution in [3.63, 3.8) is 0 Å². The van der Waals surface area contributed by atoms with E-state index in [0.717, 1.165) is 19.4 Å². The molecule has 1 atom stereocenters. The monoisotopic (exact) mass is 208 g/mol. The zero-order valence-corrected chi connectivity index (χ0v) is 8.89. The first-order chi connectivity index (χ1) is 7.22. The lowest BCUT2D eigenvalue weighted by atomic mass is 10.2. The summed E-state index contributed by atoms with van der Waals surface area (Å²) >= 11 is 0. The zero-order valence-electron chi connectivity index (χ0n) is 8.89. The van der Waals surface area contributed by atoms with Crippen molar-refractivity contribution in [2.75, 3.05) is 13.1 Å². The van der Waals surface area contributed by atoms with Crippen LogP contribution in [-0.4, -0.2) is 39.5 Å². The summed E-state index contributed by atoms with van der Waals surface area (Å²) in [4.78, 5) is 17.9. The van der Waals surface area contributed by atoms with Gasteiger partial charge in [0.15, 0.2) is 0 Å². The molecule has 1 amide bonds. The van der Waals surface area contributed by atoms with Gasteiger partial charge in [0.05, 0.1) is 6.33 Å². The molecule has 2 N–H and O–H groups in total. The van der Waals surface area contributed by atoms with Gasteiger partial charge in [-0.15, -0.1) is 0 Å². The van der Waals surface area contributed by atoms with Gasteiger partial charge < -0.3 is 15.2 Å². The highest BCUT2D eigenvalue weighted by molar-refractivity contribution is 5.92. The third-order valence-electron chi connectivity index (χ3n) is 2.83. The van der Waals surface area contributed by atoms with Crippen LogP contribution < -0.4 is 5.73 Å². The number of nitrogens with zero attached hydrogens (tertiary/aromatic N) is 3. The number of imidazole rings is 1. The molecule has 1 fully saturated rings. The van der Waals surface area contributed by atoms with E-state index in [1.165, 1.54) is 0 Å². The lowest BCUT2D eigenvalue weighted by Crippen LogP contribution is -2.40. The molecular formula is C10H16N4O. The van der Waals surface area contributed by atoms with Crippen LogP contribution in [0.5, 0.6) is 0 Å². The SMILES string of the molecule is Cn1cnc(C(=O)N2CCCC2CN)c1. The predicted octanol–water partition coefficient (Wildman–Crippen LogP) is -0.0166. The fraction of sp³-hybridized carbons (Fsp3) is 0.600. The molecule has 0 saturated carbocycles. The molecule has 0 radical (unpaired) electrons. The van der Waals surface area contributed by atoms with E-state index in [1.807, 2.05) is 11.9 Å². The van der Waals surface area contributed by atoms with Gasteiger partial charge in [0.25, 0.3) is 5.91 Å². The predicted molar refractivity (Wildman–Crippen MR) is 56.3 cm³/mol. The van der Waals surface area contributed by atoms with Crippen LogP contribution >= 0.6 is 0 Å². The van der Waals surface area contributed by atoms with Gasteiger partial charge in [-0.05, 0) is 12.8 Å². The van der Waals surface area contributed by atoms with E-state index in [1.54, 1.807) is 17.1 Å². The minimum atomic E-state index is 0.00329. The molecule has 2 rings (SSSR count). The van der Waals surface area contributed by atoms with E-state index in [0.29, 0.717) is 12.2 Å². The molecule has 1 saturated heterocycles. The van der Waals surface area contributed by atoms with Crippen LogP contribution in [0.15, 0.2) is 12.5 Å². The number of hydrogen-bond donors (Lipinski definition) is 1. The zero-order chi connectivity index (χ0) is 10.8. The smallest absolute Gasteiger partial charge is 0.274 e. The number of amides is 1. The Hall–Kier alpha value is -1.36. The van der Waals surface area contributed by atoms with Crippen molar-refractivity contribution in [3.05, 3.63) is 18.2 Å². The Labute approximate surface area is 88.9 Å². The van der Waals surface area contributed by atoms with Crippen molar-refractivity contribution in [3.8, 4) is 0 Å². The highest BCUT2D eigenvalue weighted by atomic mass is 16.2. The summed E-state index contributed by atoms with van der Waals surface area (Å²) in [5, 5.41) is 0. The van der Waals surface area contributed by atoms with Crippen molar-refractivity contribution >= 4 is 5.91 Å². The van der Waals surface area contributed by atoms with Crippen molar-refractivity contribution < 1.29 is 4.79 Å². The summed E-state index contributed by atoms with van der Waals surface area (Å²) in [6.07, 6.45) is 5.44. The highest BCUT2D eigenvalue weighted by Crippen LogP contribution is 2.18. The number of aromatic nitrogens is 2. The topological polar surface area (TPSA) is 64.2 Å². The van der Waals surface area contributed by atoms with Crippen molar-refractivity contribution in [2.24, 2.45) is 12.8 Å². The van der Waals surface area contributed by atoms with Crippen molar-refractivity contribution in [1.29, 1.82) is 0 Å². The second-order valence-corrected chi connectivity index (χ2v) is 3.95. The van der Waals surface area contributed by atoms with Crippen LogP contribution in [0.1, 0.15) is 23.3 Å². The van der Waals surface area contributed by atoms with Gasteiger partial charge in [-0.25, -0.2) is 4.98 Å². The van der Waals surface area contributed by atoms with E-state index in [9.17, 15) is 4.79 Å². The van der Waals surface area contributed by atoms with Crippen LogP contribution in [0, 0.1) is 0 Å². The molecular weight excluding hydrogens is 192 g/mol. The maximum atomic E-state index is 12.0. The molecule has 0 bridgehead atoms. The Morgan fingerprint density at radius 3 is 3.13 bits per heavy atom. The van der Waals surface area contributed by atoms with Gasteiger partial charge >= 0.3 is 0 Å². The van der Waals surface area contributed by atoms with Crippen LogP contribution in [-0.2, 0) is 7.05 Å². The fourth-order valence-corrected chi connectivity index (χ4v) is 2.02. The molecule has 0 aliphatic carbocycles. The summed E-state index contributed by atoms with van der Waals surface area (Å²) in [7, 11) is 1.86. The van der Waals surface area contributed by atoms with Gasteiger partial charge in [-0.3, -0.25) is 4.79 Å². The largest absolute Gasteiger partial charge is 0.340 e. The molecule has 1 aromatic heterocycles. The Morgan fingerprint density at radius 2 is 2.53 bits per heavy atom.